The number of nitrogens with zero attached hydrogens (tertiary/aromatic N) is 2. The minimum Gasteiger partial charge on any atom is -0.298 e. The Morgan fingerprint density at radius 3 is 1.59 bits per heavy atom. The van der Waals surface area contributed by atoms with Gasteiger partial charge in [-0.1, -0.05) is 27.7 Å². The van der Waals surface area contributed by atoms with Crippen molar-refractivity contribution in [3.8, 4) is 0 Å². The first-order valence-electron chi connectivity index (χ1n) is 13.5. The highest BCUT2D eigenvalue weighted by Gasteiger charge is 2.82. The second kappa shape index (κ2) is 7.47. The zero-order valence-corrected chi connectivity index (χ0v) is 21.3. The van der Waals surface area contributed by atoms with E-state index in [4.69, 9.17) is 0 Å². The summed E-state index contributed by atoms with van der Waals surface area (Å²) < 4.78 is 0. The van der Waals surface area contributed by atoms with E-state index in [1.165, 1.54) is 9.80 Å². The van der Waals surface area contributed by atoms with E-state index in [1.54, 1.807) is 7.05 Å². The lowest BCUT2D eigenvalue weighted by Crippen LogP contribution is -2.65. The molecule has 186 valence electrons. The molecule has 0 aromatic carbocycles. The van der Waals surface area contributed by atoms with Gasteiger partial charge in [0.25, 0.3) is 0 Å². The molecular formula is C27H38N2O5. The van der Waals surface area contributed by atoms with Gasteiger partial charge in [0, 0.05) is 24.4 Å². The van der Waals surface area contributed by atoms with Crippen LogP contribution in [0.4, 0.5) is 0 Å². The lowest BCUT2D eigenvalue weighted by atomic mass is 9.40. The Bertz CT molecular complexity index is 992. The number of imide groups is 2. The van der Waals surface area contributed by atoms with Gasteiger partial charge in [-0.05, 0) is 62.7 Å². The van der Waals surface area contributed by atoms with Crippen LogP contribution in [-0.2, 0) is 24.0 Å². The lowest BCUT2D eigenvalue weighted by Gasteiger charge is -2.60. The van der Waals surface area contributed by atoms with Gasteiger partial charge >= 0.3 is 0 Å². The Labute approximate surface area is 202 Å². The minimum atomic E-state index is -0.469. The number of hydrogen-bond donors (Lipinski definition) is 0. The summed E-state index contributed by atoms with van der Waals surface area (Å²) >= 11 is 0. The van der Waals surface area contributed by atoms with Crippen LogP contribution in [0.3, 0.4) is 0 Å². The van der Waals surface area contributed by atoms with Gasteiger partial charge in [-0.3, -0.25) is 33.8 Å². The zero-order valence-electron chi connectivity index (χ0n) is 21.3. The van der Waals surface area contributed by atoms with Gasteiger partial charge < -0.3 is 0 Å². The molecule has 0 aromatic rings. The Morgan fingerprint density at radius 2 is 1.12 bits per heavy atom. The summed E-state index contributed by atoms with van der Waals surface area (Å²) in [5, 5.41) is 0. The first-order chi connectivity index (χ1) is 16.3. The van der Waals surface area contributed by atoms with Crippen LogP contribution in [0, 0.1) is 58.2 Å². The van der Waals surface area contributed by atoms with Crippen molar-refractivity contribution in [3.63, 3.8) is 0 Å². The molecule has 0 aromatic heterocycles. The lowest BCUT2D eigenvalue weighted by molar-refractivity contribution is -0.181. The van der Waals surface area contributed by atoms with Gasteiger partial charge in [0.1, 0.15) is 5.78 Å². The third-order valence-corrected chi connectivity index (χ3v) is 10.6. The smallest absolute Gasteiger partial charge is 0.233 e. The van der Waals surface area contributed by atoms with Crippen molar-refractivity contribution < 1.29 is 24.0 Å². The first kappa shape index (κ1) is 23.7. The summed E-state index contributed by atoms with van der Waals surface area (Å²) in [5.74, 6) is -0.840. The van der Waals surface area contributed by atoms with Gasteiger partial charge in [0.2, 0.25) is 23.6 Å². The monoisotopic (exact) mass is 470 g/mol. The predicted octanol–water partition coefficient (Wildman–Crippen LogP) is 2.92. The highest BCUT2D eigenvalue weighted by atomic mass is 16.2. The van der Waals surface area contributed by atoms with E-state index in [0.717, 1.165) is 32.1 Å². The van der Waals surface area contributed by atoms with Crippen molar-refractivity contribution in [2.24, 2.45) is 58.2 Å². The van der Waals surface area contributed by atoms with E-state index in [1.807, 2.05) is 34.6 Å². The topological polar surface area (TPSA) is 91.8 Å². The van der Waals surface area contributed by atoms with Crippen molar-refractivity contribution in [2.45, 2.75) is 66.7 Å². The molecule has 34 heavy (non-hydrogen) atoms. The zero-order chi connectivity index (χ0) is 24.9. The van der Waals surface area contributed by atoms with Crippen molar-refractivity contribution in [1.82, 2.24) is 9.80 Å². The molecule has 2 aliphatic heterocycles. The molecule has 4 bridgehead atoms. The highest BCUT2D eigenvalue weighted by Crippen LogP contribution is 2.79. The molecule has 5 aliphatic carbocycles. The molecule has 7 rings (SSSR count). The Hall–Kier alpha value is -2.05. The highest BCUT2D eigenvalue weighted by molar-refractivity contribution is 6.09. The maximum absolute atomic E-state index is 14.0. The number of amides is 4. The van der Waals surface area contributed by atoms with E-state index in [9.17, 15) is 24.0 Å². The summed E-state index contributed by atoms with van der Waals surface area (Å²) in [4.78, 5) is 67.6. The Morgan fingerprint density at radius 1 is 0.706 bits per heavy atom. The third kappa shape index (κ3) is 2.32. The average molecular weight is 471 g/mol. The molecule has 7 heteroatoms. The normalized spacial score (nSPS) is 48.8. The van der Waals surface area contributed by atoms with Crippen molar-refractivity contribution in [3.05, 3.63) is 0 Å². The van der Waals surface area contributed by atoms with Crippen molar-refractivity contribution in [2.75, 3.05) is 13.6 Å². The molecule has 0 radical (unpaired) electrons. The van der Waals surface area contributed by atoms with E-state index in [0.29, 0.717) is 6.54 Å². The second-order valence-electron chi connectivity index (χ2n) is 11.2. The molecule has 4 amide bonds. The van der Waals surface area contributed by atoms with Gasteiger partial charge in [0.05, 0.1) is 23.7 Å². The molecular weight excluding hydrogens is 432 g/mol. The van der Waals surface area contributed by atoms with Crippen LogP contribution < -0.4 is 0 Å². The number of likely N-dealkylation sites (tertiary alicyclic amines) is 2. The molecule has 7 fully saturated rings. The van der Waals surface area contributed by atoms with E-state index >= 15 is 0 Å². The standard InChI is InChI=1S/C23H26N2O5.2C2H6/c1-3-25-19(28)14-10-5-12(16(14)20(25)29)23(7-10)8-22(21(23)30)6-9-4-11(22)15-13(9)17(26)24(2)18(15)27;2*1-2/h9-16H,3-8H2,1-2H3;2*1-2H3. The van der Waals surface area contributed by atoms with Crippen LogP contribution in [0.1, 0.15) is 66.7 Å². The molecule has 7 nitrogen and oxygen atoms in total. The largest absolute Gasteiger partial charge is 0.298 e. The molecule has 2 heterocycles. The number of carbonyl (C=O) groups is 5. The van der Waals surface area contributed by atoms with Crippen LogP contribution in [0.2, 0.25) is 0 Å². The molecule has 5 saturated carbocycles. The fraction of sp³-hybridized carbons (Fsp3) is 0.815. The summed E-state index contributed by atoms with van der Waals surface area (Å²) in [6.07, 6.45) is 3.84. The predicted molar refractivity (Wildman–Crippen MR) is 124 cm³/mol. The van der Waals surface area contributed by atoms with E-state index in [2.05, 4.69) is 0 Å². The quantitative estimate of drug-likeness (QED) is 0.550. The third-order valence-electron chi connectivity index (χ3n) is 10.6. The molecule has 0 N–H and O–H groups in total. The number of fused-ring (bicyclic) bond motifs is 12. The molecule has 7 aliphatic rings. The van der Waals surface area contributed by atoms with Crippen molar-refractivity contribution >= 4 is 29.4 Å². The summed E-state index contributed by atoms with van der Waals surface area (Å²) in [6, 6.07) is 0. The maximum Gasteiger partial charge on any atom is 0.233 e. The number of hydrogen-bond acceptors (Lipinski definition) is 5. The van der Waals surface area contributed by atoms with Crippen LogP contribution in [0.5, 0.6) is 0 Å². The fourth-order valence-electron chi connectivity index (χ4n) is 9.86. The van der Waals surface area contributed by atoms with E-state index < -0.39 is 10.8 Å². The second-order valence-corrected chi connectivity index (χ2v) is 11.2. The number of rotatable bonds is 1. The van der Waals surface area contributed by atoms with Crippen LogP contribution in [-0.4, -0.2) is 52.8 Å². The number of carbonyl (C=O) groups excluding carboxylic acids is 5. The Kier molecular flexibility index (Phi) is 5.21. The average Bonchev–Trinajstić information content (AvgIpc) is 3.67. The number of Topliss-reactive ketones (excluding diaryl/α,β-unsaturated/α-hetero) is 1. The molecule has 10 unspecified atom stereocenters. The van der Waals surface area contributed by atoms with Crippen LogP contribution in [0.15, 0.2) is 0 Å². The van der Waals surface area contributed by atoms with Crippen LogP contribution in [0.25, 0.3) is 0 Å². The molecule has 2 spiro atoms. The summed E-state index contributed by atoms with van der Waals surface area (Å²) in [5.41, 5.74) is -0.938. The summed E-state index contributed by atoms with van der Waals surface area (Å²) in [6.45, 7) is 10.2. The van der Waals surface area contributed by atoms with Gasteiger partial charge in [-0.2, -0.15) is 0 Å². The van der Waals surface area contributed by atoms with Gasteiger partial charge in [-0.15, -0.1) is 0 Å². The maximum atomic E-state index is 14.0. The molecule has 2 saturated heterocycles. The fourth-order valence-corrected chi connectivity index (χ4v) is 9.86. The van der Waals surface area contributed by atoms with E-state index in [-0.39, 0.29) is 76.8 Å². The first-order valence-corrected chi connectivity index (χ1v) is 13.5. The molecule has 10 atom stereocenters. The number of ketones is 1. The van der Waals surface area contributed by atoms with Gasteiger partial charge in [0.15, 0.2) is 0 Å². The summed E-state index contributed by atoms with van der Waals surface area (Å²) in [7, 11) is 1.57. The SMILES string of the molecule is CC.CC.CCN1C(=O)C2C3CC(C2C1=O)C1(C3)CC2(CC3CC2C2C(=O)N(C)C(=O)C32)C1=O. The van der Waals surface area contributed by atoms with Crippen LogP contribution >= 0.6 is 0 Å². The minimum absolute atomic E-state index is 0.0165. The van der Waals surface area contributed by atoms with Crippen molar-refractivity contribution in [1.29, 1.82) is 0 Å². The van der Waals surface area contributed by atoms with Gasteiger partial charge in [-0.25, -0.2) is 0 Å². The Balaban J connectivity index is 0.000000574.